The lowest BCUT2D eigenvalue weighted by atomic mass is 10.0. The zero-order valence-electron chi connectivity index (χ0n) is 8.50. The minimum absolute atomic E-state index is 0.0825. The van der Waals surface area contributed by atoms with Gasteiger partial charge < -0.3 is 15.6 Å². The summed E-state index contributed by atoms with van der Waals surface area (Å²) in [5, 5.41) is 9.71. The first-order valence-corrected chi connectivity index (χ1v) is 5.23. The molecule has 0 saturated heterocycles. The van der Waals surface area contributed by atoms with Gasteiger partial charge in [0.05, 0.1) is 17.7 Å². The van der Waals surface area contributed by atoms with Crippen LogP contribution in [0, 0.1) is 5.82 Å². The van der Waals surface area contributed by atoms with Crippen LogP contribution in [-0.2, 0) is 0 Å². The first-order valence-electron chi connectivity index (χ1n) is 4.44. The Morgan fingerprint density at radius 3 is 2.60 bits per heavy atom. The van der Waals surface area contributed by atoms with E-state index in [9.17, 15) is 9.50 Å². The first kappa shape index (κ1) is 12.4. The minimum Gasteiger partial charge on any atom is -0.494 e. The van der Waals surface area contributed by atoms with E-state index in [0.717, 1.165) is 0 Å². The fourth-order valence-electron chi connectivity index (χ4n) is 1.21. The number of aliphatic hydroxyl groups is 1. The van der Waals surface area contributed by atoms with Gasteiger partial charge in [0.15, 0.2) is 11.6 Å². The van der Waals surface area contributed by atoms with Gasteiger partial charge in [-0.2, -0.15) is 0 Å². The summed E-state index contributed by atoms with van der Waals surface area (Å²) >= 11 is 3.05. The Labute approximate surface area is 96.2 Å². The second-order valence-corrected chi connectivity index (χ2v) is 4.18. The van der Waals surface area contributed by atoms with Gasteiger partial charge in [-0.25, -0.2) is 4.39 Å². The molecule has 0 aliphatic heterocycles. The molecule has 0 saturated carbocycles. The molecule has 0 aromatic heterocycles. The summed E-state index contributed by atoms with van der Waals surface area (Å²) in [5.74, 6) is -0.405. The highest BCUT2D eigenvalue weighted by Crippen LogP contribution is 2.30. The van der Waals surface area contributed by atoms with Gasteiger partial charge in [0.25, 0.3) is 0 Å². The van der Waals surface area contributed by atoms with Crippen molar-refractivity contribution in [3.63, 3.8) is 0 Å². The third kappa shape index (κ3) is 2.68. The van der Waals surface area contributed by atoms with Crippen molar-refractivity contribution < 1.29 is 14.2 Å². The summed E-state index contributed by atoms with van der Waals surface area (Å²) in [6.45, 7) is 1.68. The minimum atomic E-state index is -0.837. The molecule has 3 nitrogen and oxygen atoms in total. The van der Waals surface area contributed by atoms with Gasteiger partial charge in [-0.05, 0) is 40.5 Å². The van der Waals surface area contributed by atoms with E-state index < -0.39 is 18.0 Å². The van der Waals surface area contributed by atoms with Crippen molar-refractivity contribution >= 4 is 15.9 Å². The number of ether oxygens (including phenoxy) is 1. The average molecular weight is 278 g/mol. The van der Waals surface area contributed by atoms with E-state index in [2.05, 4.69) is 15.9 Å². The standard InChI is InChI=1S/C10H13BrFNO2/c1-5(13)10(14)6-3-7(11)9(12)8(4-6)15-2/h3-5,10,14H,13H2,1-2H3. The summed E-state index contributed by atoms with van der Waals surface area (Å²) in [5.41, 5.74) is 6.07. The van der Waals surface area contributed by atoms with E-state index >= 15 is 0 Å². The highest BCUT2D eigenvalue weighted by Gasteiger charge is 2.17. The van der Waals surface area contributed by atoms with Gasteiger partial charge in [0.1, 0.15) is 0 Å². The highest BCUT2D eigenvalue weighted by atomic mass is 79.9. The molecule has 1 rings (SSSR count). The van der Waals surface area contributed by atoms with Crippen LogP contribution in [0.1, 0.15) is 18.6 Å². The van der Waals surface area contributed by atoms with Gasteiger partial charge in [0.2, 0.25) is 0 Å². The second-order valence-electron chi connectivity index (χ2n) is 3.32. The van der Waals surface area contributed by atoms with Crippen molar-refractivity contribution in [3.05, 3.63) is 28.0 Å². The zero-order valence-corrected chi connectivity index (χ0v) is 10.1. The van der Waals surface area contributed by atoms with Crippen LogP contribution < -0.4 is 10.5 Å². The predicted molar refractivity (Wildman–Crippen MR) is 59.3 cm³/mol. The van der Waals surface area contributed by atoms with Crippen LogP contribution >= 0.6 is 15.9 Å². The third-order valence-corrected chi connectivity index (χ3v) is 2.65. The summed E-state index contributed by atoms with van der Waals surface area (Å²) in [4.78, 5) is 0. The van der Waals surface area contributed by atoms with Crippen molar-refractivity contribution in [1.82, 2.24) is 0 Å². The number of benzene rings is 1. The van der Waals surface area contributed by atoms with Crippen molar-refractivity contribution in [2.24, 2.45) is 5.73 Å². The van der Waals surface area contributed by atoms with Crippen molar-refractivity contribution in [2.75, 3.05) is 7.11 Å². The lowest BCUT2D eigenvalue weighted by molar-refractivity contribution is 0.153. The van der Waals surface area contributed by atoms with Gasteiger partial charge in [-0.1, -0.05) is 0 Å². The van der Waals surface area contributed by atoms with Crippen LogP contribution in [0.3, 0.4) is 0 Å². The van der Waals surface area contributed by atoms with Gasteiger partial charge in [0, 0.05) is 6.04 Å². The number of halogens is 2. The Kier molecular flexibility index (Phi) is 4.07. The van der Waals surface area contributed by atoms with E-state index in [4.69, 9.17) is 10.5 Å². The number of hydrogen-bond donors (Lipinski definition) is 2. The second kappa shape index (κ2) is 4.92. The van der Waals surface area contributed by atoms with E-state index in [1.807, 2.05) is 0 Å². The molecule has 0 aliphatic rings. The molecule has 0 aliphatic carbocycles. The monoisotopic (exact) mass is 277 g/mol. The van der Waals surface area contributed by atoms with Crippen LogP contribution in [-0.4, -0.2) is 18.3 Å². The Balaban J connectivity index is 3.16. The van der Waals surface area contributed by atoms with Crippen molar-refractivity contribution in [1.29, 1.82) is 0 Å². The van der Waals surface area contributed by atoms with Crippen LogP contribution in [0.5, 0.6) is 5.75 Å². The molecule has 5 heteroatoms. The molecule has 0 amide bonds. The molecular formula is C10H13BrFNO2. The third-order valence-electron chi connectivity index (χ3n) is 2.08. The Bertz CT molecular complexity index is 358. The number of nitrogens with two attached hydrogens (primary N) is 1. The number of hydrogen-bond acceptors (Lipinski definition) is 3. The summed E-state index contributed by atoms with van der Waals surface area (Å²) in [6.07, 6.45) is -0.837. The molecule has 1 aromatic carbocycles. The summed E-state index contributed by atoms with van der Waals surface area (Å²) < 4.78 is 18.4. The lowest BCUT2D eigenvalue weighted by Gasteiger charge is -2.16. The number of rotatable bonds is 3. The number of aliphatic hydroxyl groups excluding tert-OH is 1. The Morgan fingerprint density at radius 2 is 2.13 bits per heavy atom. The molecule has 15 heavy (non-hydrogen) atoms. The Morgan fingerprint density at radius 1 is 1.53 bits per heavy atom. The lowest BCUT2D eigenvalue weighted by Crippen LogP contribution is -2.24. The van der Waals surface area contributed by atoms with Crippen LogP contribution in [0.2, 0.25) is 0 Å². The molecule has 0 bridgehead atoms. The SMILES string of the molecule is COc1cc(C(O)C(C)N)cc(Br)c1F. The van der Waals surface area contributed by atoms with Gasteiger partial charge in [-0.3, -0.25) is 0 Å². The summed E-state index contributed by atoms with van der Waals surface area (Å²) in [7, 11) is 1.37. The average Bonchev–Trinajstić information content (AvgIpc) is 2.20. The van der Waals surface area contributed by atoms with E-state index in [0.29, 0.717) is 5.56 Å². The van der Waals surface area contributed by atoms with Crippen molar-refractivity contribution in [3.8, 4) is 5.75 Å². The fraction of sp³-hybridized carbons (Fsp3) is 0.400. The first-order chi connectivity index (χ1) is 6.97. The van der Waals surface area contributed by atoms with Crippen LogP contribution in [0.4, 0.5) is 4.39 Å². The smallest absolute Gasteiger partial charge is 0.179 e. The van der Waals surface area contributed by atoms with Gasteiger partial charge >= 0.3 is 0 Å². The molecule has 3 N–H and O–H groups in total. The maximum Gasteiger partial charge on any atom is 0.179 e. The van der Waals surface area contributed by atoms with E-state index in [1.54, 1.807) is 6.92 Å². The van der Waals surface area contributed by atoms with E-state index in [-0.39, 0.29) is 10.2 Å². The highest BCUT2D eigenvalue weighted by molar-refractivity contribution is 9.10. The zero-order chi connectivity index (χ0) is 11.6. The molecule has 0 spiro atoms. The van der Waals surface area contributed by atoms with Crippen LogP contribution in [0.25, 0.3) is 0 Å². The predicted octanol–water partition coefficient (Wildman–Crippen LogP) is 1.98. The maximum atomic E-state index is 13.4. The topological polar surface area (TPSA) is 55.5 Å². The maximum absolute atomic E-state index is 13.4. The molecule has 0 radical (unpaired) electrons. The molecular weight excluding hydrogens is 265 g/mol. The molecule has 2 unspecified atom stereocenters. The molecule has 0 heterocycles. The Hall–Kier alpha value is -0.650. The fourth-order valence-corrected chi connectivity index (χ4v) is 1.67. The molecule has 84 valence electrons. The largest absolute Gasteiger partial charge is 0.494 e. The van der Waals surface area contributed by atoms with E-state index in [1.165, 1.54) is 19.2 Å². The quantitative estimate of drug-likeness (QED) is 0.888. The number of methoxy groups -OCH3 is 1. The normalized spacial score (nSPS) is 14.8. The molecule has 0 fully saturated rings. The molecule has 1 aromatic rings. The summed E-state index contributed by atoms with van der Waals surface area (Å²) in [6, 6.07) is 2.51. The molecule has 2 atom stereocenters. The van der Waals surface area contributed by atoms with Crippen LogP contribution in [0.15, 0.2) is 16.6 Å². The van der Waals surface area contributed by atoms with Gasteiger partial charge in [-0.15, -0.1) is 0 Å². The van der Waals surface area contributed by atoms with Crippen molar-refractivity contribution in [2.45, 2.75) is 19.1 Å².